The molecule has 2 N–H and O–H groups in total. The van der Waals surface area contributed by atoms with Crippen molar-refractivity contribution in [1.82, 2.24) is 0 Å². The van der Waals surface area contributed by atoms with Crippen molar-refractivity contribution in [2.75, 3.05) is 10.6 Å². The van der Waals surface area contributed by atoms with E-state index in [0.29, 0.717) is 5.92 Å². The fourth-order valence-corrected chi connectivity index (χ4v) is 2.85. The Morgan fingerprint density at radius 2 is 1.61 bits per heavy atom. The molecule has 2 aromatic carbocycles. The predicted molar refractivity (Wildman–Crippen MR) is 79.4 cm³/mol. The van der Waals surface area contributed by atoms with Gasteiger partial charge in [0.25, 0.3) is 0 Å². The van der Waals surface area contributed by atoms with Gasteiger partial charge in [-0.2, -0.15) is 0 Å². The third kappa shape index (κ3) is 1.64. The lowest BCUT2D eigenvalue weighted by Gasteiger charge is -2.36. The van der Waals surface area contributed by atoms with Gasteiger partial charge in [-0.25, -0.2) is 0 Å². The van der Waals surface area contributed by atoms with Gasteiger partial charge in [0.2, 0.25) is 0 Å². The molecule has 0 atom stereocenters. The lowest BCUT2D eigenvalue weighted by atomic mass is 9.92. The Hall–Kier alpha value is -1.70. The molecule has 1 heterocycles. The first-order chi connectivity index (χ1) is 8.48. The van der Waals surface area contributed by atoms with Gasteiger partial charge < -0.3 is 10.6 Å². The van der Waals surface area contributed by atoms with Gasteiger partial charge in [0.15, 0.2) is 0 Å². The first-order valence-electron chi connectivity index (χ1n) is 6.60. The van der Waals surface area contributed by atoms with Crippen molar-refractivity contribution in [1.29, 1.82) is 0 Å². The van der Waals surface area contributed by atoms with Crippen molar-refractivity contribution in [3.8, 4) is 0 Å². The highest BCUT2D eigenvalue weighted by Gasteiger charge is 2.25. The van der Waals surface area contributed by atoms with Gasteiger partial charge in [0.05, 0.1) is 0 Å². The van der Waals surface area contributed by atoms with Crippen LogP contribution in [0.15, 0.2) is 30.3 Å². The monoisotopic (exact) mass is 240 g/mol. The van der Waals surface area contributed by atoms with Gasteiger partial charge in [-0.3, -0.25) is 0 Å². The van der Waals surface area contributed by atoms with Gasteiger partial charge in [0.1, 0.15) is 5.66 Å². The Morgan fingerprint density at radius 1 is 0.944 bits per heavy atom. The Morgan fingerprint density at radius 3 is 2.28 bits per heavy atom. The van der Waals surface area contributed by atoms with Gasteiger partial charge >= 0.3 is 0 Å². The molecule has 3 rings (SSSR count). The molecule has 2 aromatic rings. The smallest absolute Gasteiger partial charge is 0.102 e. The van der Waals surface area contributed by atoms with Crippen LogP contribution in [-0.4, -0.2) is 5.66 Å². The fourth-order valence-electron chi connectivity index (χ4n) is 2.85. The molecule has 0 bridgehead atoms. The highest BCUT2D eigenvalue weighted by atomic mass is 15.2. The van der Waals surface area contributed by atoms with E-state index in [2.05, 4.69) is 68.7 Å². The Bertz CT molecular complexity index is 598. The van der Waals surface area contributed by atoms with E-state index in [9.17, 15) is 0 Å². The first kappa shape index (κ1) is 11.4. The topological polar surface area (TPSA) is 24.1 Å². The molecule has 0 spiro atoms. The van der Waals surface area contributed by atoms with E-state index in [-0.39, 0.29) is 5.66 Å². The highest BCUT2D eigenvalue weighted by molar-refractivity contribution is 6.06. The zero-order valence-corrected chi connectivity index (χ0v) is 11.5. The summed E-state index contributed by atoms with van der Waals surface area (Å²) in [5.41, 5.74) is 3.78. The molecular formula is C16H20N2. The zero-order valence-electron chi connectivity index (χ0n) is 11.5. The largest absolute Gasteiger partial charge is 0.363 e. The van der Waals surface area contributed by atoms with E-state index in [4.69, 9.17) is 0 Å². The summed E-state index contributed by atoms with van der Waals surface area (Å²) in [6.45, 7) is 8.81. The summed E-state index contributed by atoms with van der Waals surface area (Å²) in [6.07, 6.45) is 0. The van der Waals surface area contributed by atoms with E-state index in [1.165, 1.54) is 27.7 Å². The maximum atomic E-state index is 3.56. The van der Waals surface area contributed by atoms with Crippen molar-refractivity contribution < 1.29 is 0 Å². The van der Waals surface area contributed by atoms with Crippen molar-refractivity contribution in [3.63, 3.8) is 0 Å². The van der Waals surface area contributed by atoms with Crippen molar-refractivity contribution >= 4 is 22.1 Å². The second kappa shape index (κ2) is 3.64. The molecule has 0 radical (unpaired) electrons. The zero-order chi connectivity index (χ0) is 12.9. The molecule has 0 saturated carbocycles. The molecule has 18 heavy (non-hydrogen) atoms. The molecule has 2 nitrogen and oxygen atoms in total. The van der Waals surface area contributed by atoms with Crippen LogP contribution in [0.4, 0.5) is 11.4 Å². The summed E-state index contributed by atoms with van der Waals surface area (Å²) in [6, 6.07) is 11.0. The van der Waals surface area contributed by atoms with Crippen molar-refractivity contribution in [2.45, 2.75) is 39.3 Å². The average Bonchev–Trinajstić information content (AvgIpc) is 2.27. The van der Waals surface area contributed by atoms with Crippen LogP contribution in [0.25, 0.3) is 10.8 Å². The fraction of sp³-hybridized carbons (Fsp3) is 0.375. The molecule has 0 aliphatic carbocycles. The summed E-state index contributed by atoms with van der Waals surface area (Å²) in [4.78, 5) is 0. The standard InChI is InChI=1S/C16H20N2/c1-10(2)11-8-9-14-15-12(11)6-5-7-13(15)17-16(3,4)18-14/h5-10,17-18H,1-4H3. The third-order valence-corrected chi connectivity index (χ3v) is 3.59. The molecule has 94 valence electrons. The van der Waals surface area contributed by atoms with Crippen LogP contribution in [-0.2, 0) is 0 Å². The first-order valence-corrected chi connectivity index (χ1v) is 6.60. The minimum atomic E-state index is -0.0966. The second-order valence-electron chi connectivity index (χ2n) is 5.96. The molecular weight excluding hydrogens is 220 g/mol. The third-order valence-electron chi connectivity index (χ3n) is 3.59. The number of anilines is 2. The maximum absolute atomic E-state index is 3.56. The number of nitrogens with one attached hydrogen (secondary N) is 2. The molecule has 0 fully saturated rings. The lowest BCUT2D eigenvalue weighted by Crippen LogP contribution is -2.41. The number of benzene rings is 2. The average molecular weight is 240 g/mol. The molecule has 1 aliphatic rings. The Balaban J connectivity index is 2.33. The van der Waals surface area contributed by atoms with Crippen LogP contribution in [0.5, 0.6) is 0 Å². The summed E-state index contributed by atoms with van der Waals surface area (Å²) in [5, 5.41) is 9.79. The van der Waals surface area contributed by atoms with E-state index in [1.807, 2.05) is 0 Å². The van der Waals surface area contributed by atoms with Crippen LogP contribution < -0.4 is 10.6 Å². The lowest BCUT2D eigenvalue weighted by molar-refractivity contribution is 0.649. The molecule has 0 unspecified atom stereocenters. The molecule has 1 aliphatic heterocycles. The normalized spacial score (nSPS) is 16.5. The SMILES string of the molecule is CC(C)c1ccc2c3c(cccc13)NC(C)(C)N2. The van der Waals surface area contributed by atoms with E-state index in [0.717, 1.165) is 0 Å². The number of hydrogen-bond acceptors (Lipinski definition) is 2. The van der Waals surface area contributed by atoms with Crippen LogP contribution in [0.2, 0.25) is 0 Å². The van der Waals surface area contributed by atoms with Gasteiger partial charge in [-0.05, 0) is 42.8 Å². The number of hydrogen-bond donors (Lipinski definition) is 2. The second-order valence-corrected chi connectivity index (χ2v) is 5.96. The molecule has 0 saturated heterocycles. The van der Waals surface area contributed by atoms with Crippen LogP contribution in [0, 0.1) is 0 Å². The molecule has 0 aromatic heterocycles. The summed E-state index contributed by atoms with van der Waals surface area (Å²) in [7, 11) is 0. The van der Waals surface area contributed by atoms with E-state index >= 15 is 0 Å². The summed E-state index contributed by atoms with van der Waals surface area (Å²) >= 11 is 0. The minimum absolute atomic E-state index is 0.0966. The highest BCUT2D eigenvalue weighted by Crippen LogP contribution is 2.40. The van der Waals surface area contributed by atoms with E-state index < -0.39 is 0 Å². The van der Waals surface area contributed by atoms with Crippen LogP contribution >= 0.6 is 0 Å². The maximum Gasteiger partial charge on any atom is 0.102 e. The predicted octanol–water partition coefficient (Wildman–Crippen LogP) is 4.54. The summed E-state index contributed by atoms with van der Waals surface area (Å²) < 4.78 is 0. The van der Waals surface area contributed by atoms with E-state index in [1.54, 1.807) is 0 Å². The molecule has 0 amide bonds. The minimum Gasteiger partial charge on any atom is -0.363 e. The van der Waals surface area contributed by atoms with Gasteiger partial charge in [-0.1, -0.05) is 32.0 Å². The summed E-state index contributed by atoms with van der Waals surface area (Å²) in [5.74, 6) is 0.546. The molecule has 2 heteroatoms. The number of rotatable bonds is 1. The Labute approximate surface area is 108 Å². The van der Waals surface area contributed by atoms with Crippen LogP contribution in [0.1, 0.15) is 39.2 Å². The van der Waals surface area contributed by atoms with Crippen molar-refractivity contribution in [2.24, 2.45) is 0 Å². The van der Waals surface area contributed by atoms with Crippen LogP contribution in [0.3, 0.4) is 0 Å². The van der Waals surface area contributed by atoms with Crippen molar-refractivity contribution in [3.05, 3.63) is 35.9 Å². The van der Waals surface area contributed by atoms with Gasteiger partial charge in [-0.15, -0.1) is 0 Å². The quantitative estimate of drug-likeness (QED) is 0.765. The van der Waals surface area contributed by atoms with Gasteiger partial charge in [0, 0.05) is 16.8 Å². The Kier molecular flexibility index (Phi) is 2.31.